The van der Waals surface area contributed by atoms with Gasteiger partial charge in [0.25, 0.3) is 0 Å². The number of amides is 2. The van der Waals surface area contributed by atoms with Crippen molar-refractivity contribution in [3.8, 4) is 11.5 Å². The molecule has 2 heterocycles. The number of hydrogen-bond donors (Lipinski definition) is 2. The van der Waals surface area contributed by atoms with E-state index < -0.39 is 11.8 Å². The summed E-state index contributed by atoms with van der Waals surface area (Å²) in [6.45, 7) is 4.69. The summed E-state index contributed by atoms with van der Waals surface area (Å²) in [5.74, 6) is 0.552. The Bertz CT molecular complexity index is 659. The molecule has 0 aliphatic carbocycles. The molecule has 8 heteroatoms. The number of benzene rings is 1. The van der Waals surface area contributed by atoms with Crippen molar-refractivity contribution < 1.29 is 23.8 Å². The molecule has 0 atom stereocenters. The number of nitrogens with one attached hydrogen (secondary N) is 2. The van der Waals surface area contributed by atoms with Gasteiger partial charge in [-0.2, -0.15) is 0 Å². The van der Waals surface area contributed by atoms with Gasteiger partial charge in [-0.25, -0.2) is 0 Å². The number of hydrogen-bond acceptors (Lipinski definition) is 6. The minimum absolute atomic E-state index is 0.207. The molecule has 27 heavy (non-hydrogen) atoms. The van der Waals surface area contributed by atoms with Gasteiger partial charge in [-0.05, 0) is 49.5 Å². The van der Waals surface area contributed by atoms with Crippen molar-refractivity contribution in [2.75, 3.05) is 46.7 Å². The third kappa shape index (κ3) is 5.58. The number of likely N-dealkylation sites (tertiary alicyclic amines) is 1. The summed E-state index contributed by atoms with van der Waals surface area (Å²) in [7, 11) is 1.71. The molecule has 2 aliphatic heterocycles. The van der Waals surface area contributed by atoms with Crippen molar-refractivity contribution in [3.63, 3.8) is 0 Å². The Balaban J connectivity index is 1.34. The molecular formula is C19H27N3O5. The molecule has 8 nitrogen and oxygen atoms in total. The fraction of sp³-hybridized carbons (Fsp3) is 0.579. The number of piperidine rings is 1. The second-order valence-electron chi connectivity index (χ2n) is 6.86. The van der Waals surface area contributed by atoms with Crippen LogP contribution in [0.4, 0.5) is 0 Å². The molecule has 0 aromatic heterocycles. The number of rotatable bonds is 7. The monoisotopic (exact) mass is 377 g/mol. The summed E-state index contributed by atoms with van der Waals surface area (Å²) < 4.78 is 15.7. The topological polar surface area (TPSA) is 89.1 Å². The highest BCUT2D eigenvalue weighted by Crippen LogP contribution is 2.32. The Morgan fingerprint density at radius 2 is 1.89 bits per heavy atom. The van der Waals surface area contributed by atoms with E-state index in [0.29, 0.717) is 24.0 Å². The third-order valence-electron chi connectivity index (χ3n) is 4.97. The molecule has 2 amide bonds. The van der Waals surface area contributed by atoms with Gasteiger partial charge in [0.2, 0.25) is 6.79 Å². The van der Waals surface area contributed by atoms with E-state index in [-0.39, 0.29) is 13.3 Å². The fourth-order valence-electron chi connectivity index (χ4n) is 3.27. The molecule has 0 bridgehead atoms. The second-order valence-corrected chi connectivity index (χ2v) is 6.86. The molecule has 148 valence electrons. The number of carbonyl (C=O) groups excluding carboxylic acids is 2. The summed E-state index contributed by atoms with van der Waals surface area (Å²) in [6, 6.07) is 5.43. The van der Waals surface area contributed by atoms with Crippen molar-refractivity contribution in [1.82, 2.24) is 15.5 Å². The van der Waals surface area contributed by atoms with Gasteiger partial charge in [0, 0.05) is 26.7 Å². The summed E-state index contributed by atoms with van der Waals surface area (Å²) in [5.41, 5.74) is 0.851. The van der Waals surface area contributed by atoms with Gasteiger partial charge in [0.15, 0.2) is 11.5 Å². The highest BCUT2D eigenvalue weighted by atomic mass is 16.7. The summed E-state index contributed by atoms with van der Waals surface area (Å²) in [6.07, 6.45) is 2.03. The zero-order valence-electron chi connectivity index (χ0n) is 15.7. The molecule has 1 aromatic rings. The summed E-state index contributed by atoms with van der Waals surface area (Å²) in [5, 5.41) is 5.39. The lowest BCUT2D eigenvalue weighted by Crippen LogP contribution is -2.44. The maximum atomic E-state index is 12.0. The maximum Gasteiger partial charge on any atom is 0.309 e. The molecule has 0 unspecified atom stereocenters. The van der Waals surface area contributed by atoms with Crippen LogP contribution in [0.5, 0.6) is 11.5 Å². The molecule has 0 saturated carbocycles. The van der Waals surface area contributed by atoms with Crippen molar-refractivity contribution >= 4 is 11.8 Å². The summed E-state index contributed by atoms with van der Waals surface area (Å²) in [4.78, 5) is 26.4. The first kappa shape index (κ1) is 19.4. The van der Waals surface area contributed by atoms with E-state index in [2.05, 4.69) is 15.5 Å². The fourth-order valence-corrected chi connectivity index (χ4v) is 3.27. The van der Waals surface area contributed by atoms with Crippen LogP contribution in [-0.2, 0) is 20.9 Å². The molecule has 0 spiro atoms. The Morgan fingerprint density at radius 1 is 1.15 bits per heavy atom. The average molecular weight is 377 g/mol. The maximum absolute atomic E-state index is 12.0. The van der Waals surface area contributed by atoms with Crippen LogP contribution < -0.4 is 20.1 Å². The zero-order valence-corrected chi connectivity index (χ0v) is 15.7. The normalized spacial score (nSPS) is 16.9. The third-order valence-corrected chi connectivity index (χ3v) is 4.97. The van der Waals surface area contributed by atoms with E-state index in [1.807, 2.05) is 6.07 Å². The van der Waals surface area contributed by atoms with Gasteiger partial charge in [0.1, 0.15) is 0 Å². The Kier molecular flexibility index (Phi) is 6.89. The lowest BCUT2D eigenvalue weighted by atomic mass is 9.97. The van der Waals surface area contributed by atoms with E-state index in [0.717, 1.165) is 44.6 Å². The number of fused-ring (bicyclic) bond motifs is 1. The molecule has 0 radical (unpaired) electrons. The lowest BCUT2D eigenvalue weighted by molar-refractivity contribution is -0.139. The van der Waals surface area contributed by atoms with Crippen molar-refractivity contribution in [3.05, 3.63) is 23.8 Å². The minimum Gasteiger partial charge on any atom is -0.454 e. The SMILES string of the molecule is COCCN1CCC(CNC(=O)C(=O)NCc2ccc3c(c2)OCO3)CC1. The van der Waals surface area contributed by atoms with Crippen LogP contribution in [0.1, 0.15) is 18.4 Å². The van der Waals surface area contributed by atoms with Crippen LogP contribution in [-0.4, -0.2) is 63.4 Å². The Morgan fingerprint density at radius 3 is 2.67 bits per heavy atom. The highest BCUT2D eigenvalue weighted by Gasteiger charge is 2.21. The average Bonchev–Trinajstić information content (AvgIpc) is 3.17. The van der Waals surface area contributed by atoms with Crippen LogP contribution in [0.2, 0.25) is 0 Å². The van der Waals surface area contributed by atoms with Gasteiger partial charge in [0.05, 0.1) is 6.61 Å². The van der Waals surface area contributed by atoms with E-state index in [1.165, 1.54) is 0 Å². The first-order valence-corrected chi connectivity index (χ1v) is 9.31. The smallest absolute Gasteiger partial charge is 0.309 e. The Hall–Kier alpha value is -2.32. The van der Waals surface area contributed by atoms with Crippen molar-refractivity contribution in [2.24, 2.45) is 5.92 Å². The van der Waals surface area contributed by atoms with Gasteiger partial charge in [-0.15, -0.1) is 0 Å². The summed E-state index contributed by atoms with van der Waals surface area (Å²) >= 11 is 0. The quantitative estimate of drug-likeness (QED) is 0.673. The van der Waals surface area contributed by atoms with Gasteiger partial charge >= 0.3 is 11.8 Å². The van der Waals surface area contributed by atoms with Gasteiger partial charge < -0.3 is 29.7 Å². The lowest BCUT2D eigenvalue weighted by Gasteiger charge is -2.31. The number of methoxy groups -OCH3 is 1. The number of ether oxygens (including phenoxy) is 3. The zero-order chi connectivity index (χ0) is 19.1. The predicted molar refractivity (Wildman–Crippen MR) is 98.5 cm³/mol. The molecular weight excluding hydrogens is 350 g/mol. The van der Waals surface area contributed by atoms with Crippen LogP contribution in [0.25, 0.3) is 0 Å². The van der Waals surface area contributed by atoms with Crippen LogP contribution in [0.15, 0.2) is 18.2 Å². The number of carbonyl (C=O) groups is 2. The second kappa shape index (κ2) is 9.57. The molecule has 3 rings (SSSR count). The van der Waals surface area contributed by atoms with Crippen LogP contribution in [0.3, 0.4) is 0 Å². The first-order chi connectivity index (χ1) is 13.2. The van der Waals surface area contributed by atoms with Crippen molar-refractivity contribution in [2.45, 2.75) is 19.4 Å². The van der Waals surface area contributed by atoms with Gasteiger partial charge in [-0.3, -0.25) is 9.59 Å². The minimum atomic E-state index is -0.620. The van der Waals surface area contributed by atoms with Crippen LogP contribution >= 0.6 is 0 Å². The largest absolute Gasteiger partial charge is 0.454 e. The standard InChI is InChI=1S/C19H27N3O5/c1-25-9-8-22-6-4-14(5-7-22)11-20-18(23)19(24)21-12-15-2-3-16-17(10-15)27-13-26-16/h2-3,10,14H,4-9,11-13H2,1H3,(H,20,23)(H,21,24). The van der Waals surface area contributed by atoms with Crippen molar-refractivity contribution in [1.29, 1.82) is 0 Å². The van der Waals surface area contributed by atoms with Gasteiger partial charge in [-0.1, -0.05) is 6.07 Å². The Labute approximate surface area is 159 Å². The molecule has 1 aromatic carbocycles. The number of nitrogens with zero attached hydrogens (tertiary/aromatic N) is 1. The van der Waals surface area contributed by atoms with E-state index in [9.17, 15) is 9.59 Å². The van der Waals surface area contributed by atoms with E-state index >= 15 is 0 Å². The predicted octanol–water partition coefficient (Wildman–Crippen LogP) is 0.506. The highest BCUT2D eigenvalue weighted by molar-refractivity contribution is 6.35. The molecule has 2 aliphatic rings. The molecule has 1 saturated heterocycles. The van der Waals surface area contributed by atoms with E-state index in [1.54, 1.807) is 19.2 Å². The molecule has 2 N–H and O–H groups in total. The van der Waals surface area contributed by atoms with Crippen LogP contribution in [0, 0.1) is 5.92 Å². The van der Waals surface area contributed by atoms with E-state index in [4.69, 9.17) is 14.2 Å². The molecule has 1 fully saturated rings. The first-order valence-electron chi connectivity index (χ1n) is 9.31.